The Hall–Kier alpha value is -1.68. The van der Waals surface area contributed by atoms with E-state index in [1.54, 1.807) is 0 Å². The molecular formula is C18H22N2OS. The number of likely N-dealkylation sites (tertiary alicyclic amines) is 1. The molecule has 0 radical (unpaired) electrons. The van der Waals surface area contributed by atoms with Gasteiger partial charge in [-0.15, -0.1) is 11.3 Å². The maximum absolute atomic E-state index is 12.9. The number of benzene rings is 1. The van der Waals surface area contributed by atoms with Gasteiger partial charge < -0.3 is 4.90 Å². The van der Waals surface area contributed by atoms with Crippen molar-refractivity contribution in [3.05, 3.63) is 50.5 Å². The molecule has 0 saturated carbocycles. The number of carbonyl (C=O) groups excluding carboxylic acids is 1. The second kappa shape index (κ2) is 5.84. The van der Waals surface area contributed by atoms with Gasteiger partial charge in [0.25, 0.3) is 5.91 Å². The highest BCUT2D eigenvalue weighted by Crippen LogP contribution is 2.35. The molecule has 1 atom stereocenters. The lowest BCUT2D eigenvalue weighted by Gasteiger charge is -2.25. The number of hydrogen-bond donors (Lipinski definition) is 0. The number of carbonyl (C=O) groups is 1. The van der Waals surface area contributed by atoms with E-state index in [9.17, 15) is 4.79 Å². The summed E-state index contributed by atoms with van der Waals surface area (Å²) >= 11 is 1.51. The maximum Gasteiger partial charge on any atom is 0.266 e. The zero-order valence-corrected chi connectivity index (χ0v) is 14.5. The second-order valence-electron chi connectivity index (χ2n) is 6.23. The van der Waals surface area contributed by atoms with Crippen LogP contribution >= 0.6 is 11.3 Å². The molecule has 1 aliphatic rings. The standard InChI is InChI=1S/C18H22N2OS/c1-11-8-12(2)10-15(9-11)16-6-5-7-20(16)18(21)17-13(3)19-14(4)22-17/h8-10,16H,5-7H2,1-4H3. The highest BCUT2D eigenvalue weighted by molar-refractivity contribution is 7.13. The maximum atomic E-state index is 12.9. The molecule has 0 spiro atoms. The minimum atomic E-state index is 0.143. The van der Waals surface area contributed by atoms with Gasteiger partial charge in [-0.05, 0) is 46.1 Å². The molecule has 2 aromatic rings. The molecule has 0 aliphatic carbocycles. The molecule has 0 N–H and O–H groups in total. The van der Waals surface area contributed by atoms with Crippen molar-refractivity contribution in [1.29, 1.82) is 0 Å². The van der Waals surface area contributed by atoms with Gasteiger partial charge in [-0.25, -0.2) is 4.98 Å². The van der Waals surface area contributed by atoms with Crippen LogP contribution in [-0.2, 0) is 0 Å². The Morgan fingerprint density at radius 1 is 1.18 bits per heavy atom. The van der Waals surface area contributed by atoms with E-state index in [2.05, 4.69) is 37.0 Å². The summed E-state index contributed by atoms with van der Waals surface area (Å²) in [4.78, 5) is 20.2. The highest BCUT2D eigenvalue weighted by Gasteiger charge is 2.32. The van der Waals surface area contributed by atoms with Crippen LogP contribution in [0.4, 0.5) is 0 Å². The van der Waals surface area contributed by atoms with Gasteiger partial charge >= 0.3 is 0 Å². The average Bonchev–Trinajstić information content (AvgIpc) is 3.03. The molecule has 22 heavy (non-hydrogen) atoms. The minimum Gasteiger partial charge on any atom is -0.331 e. The van der Waals surface area contributed by atoms with Crippen LogP contribution < -0.4 is 0 Å². The van der Waals surface area contributed by atoms with E-state index >= 15 is 0 Å². The molecule has 3 rings (SSSR count). The van der Waals surface area contributed by atoms with Gasteiger partial charge in [-0.3, -0.25) is 4.79 Å². The van der Waals surface area contributed by atoms with Crippen molar-refractivity contribution in [1.82, 2.24) is 9.88 Å². The van der Waals surface area contributed by atoms with Crippen LogP contribution in [0.25, 0.3) is 0 Å². The van der Waals surface area contributed by atoms with E-state index in [0.717, 1.165) is 35.0 Å². The van der Waals surface area contributed by atoms with Crippen LogP contribution in [0.1, 0.15) is 55.9 Å². The monoisotopic (exact) mass is 314 g/mol. The molecule has 1 aromatic carbocycles. The summed E-state index contributed by atoms with van der Waals surface area (Å²) in [6.45, 7) is 8.97. The van der Waals surface area contributed by atoms with Gasteiger partial charge in [0.2, 0.25) is 0 Å². The van der Waals surface area contributed by atoms with Crippen molar-refractivity contribution in [3.63, 3.8) is 0 Å². The normalized spacial score (nSPS) is 18.0. The van der Waals surface area contributed by atoms with Gasteiger partial charge in [-0.1, -0.05) is 29.3 Å². The molecular weight excluding hydrogens is 292 g/mol. The molecule has 2 heterocycles. The van der Waals surface area contributed by atoms with E-state index in [-0.39, 0.29) is 11.9 Å². The quantitative estimate of drug-likeness (QED) is 0.825. The van der Waals surface area contributed by atoms with Crippen LogP contribution in [0.3, 0.4) is 0 Å². The van der Waals surface area contributed by atoms with Crippen molar-refractivity contribution < 1.29 is 4.79 Å². The van der Waals surface area contributed by atoms with Crippen molar-refractivity contribution in [2.24, 2.45) is 0 Å². The van der Waals surface area contributed by atoms with Crippen molar-refractivity contribution in [3.8, 4) is 0 Å². The molecule has 116 valence electrons. The number of amides is 1. The van der Waals surface area contributed by atoms with E-state index in [0.29, 0.717) is 0 Å². The summed E-state index contributed by atoms with van der Waals surface area (Å²) in [7, 11) is 0. The first-order valence-electron chi connectivity index (χ1n) is 7.79. The molecule has 4 heteroatoms. The molecule has 1 aromatic heterocycles. The summed E-state index contributed by atoms with van der Waals surface area (Å²) in [6.07, 6.45) is 2.12. The molecule has 3 nitrogen and oxygen atoms in total. The Bertz CT molecular complexity index is 700. The Kier molecular flexibility index (Phi) is 4.04. The molecule has 1 saturated heterocycles. The van der Waals surface area contributed by atoms with Crippen LogP contribution in [0.15, 0.2) is 18.2 Å². The van der Waals surface area contributed by atoms with E-state index in [1.807, 2.05) is 18.7 Å². The fraction of sp³-hybridized carbons (Fsp3) is 0.444. The third-order valence-electron chi connectivity index (χ3n) is 4.24. The number of aryl methyl sites for hydroxylation is 4. The SMILES string of the molecule is Cc1cc(C)cc(C2CCCN2C(=O)c2sc(C)nc2C)c1. The smallest absolute Gasteiger partial charge is 0.266 e. The van der Waals surface area contributed by atoms with Gasteiger partial charge in [0.15, 0.2) is 0 Å². The fourth-order valence-electron chi connectivity index (χ4n) is 3.42. The third kappa shape index (κ3) is 2.80. The Morgan fingerprint density at radius 2 is 1.86 bits per heavy atom. The summed E-state index contributed by atoms with van der Waals surface area (Å²) in [6, 6.07) is 6.82. The number of aromatic nitrogens is 1. The van der Waals surface area contributed by atoms with E-state index < -0.39 is 0 Å². The molecule has 1 amide bonds. The lowest BCUT2D eigenvalue weighted by molar-refractivity contribution is 0.0739. The lowest BCUT2D eigenvalue weighted by Crippen LogP contribution is -2.30. The molecule has 0 bridgehead atoms. The Morgan fingerprint density at radius 3 is 2.45 bits per heavy atom. The fourth-order valence-corrected chi connectivity index (χ4v) is 4.29. The van der Waals surface area contributed by atoms with Crippen molar-refractivity contribution in [2.45, 2.75) is 46.6 Å². The van der Waals surface area contributed by atoms with Gasteiger partial charge in [0, 0.05) is 6.54 Å². The van der Waals surface area contributed by atoms with Crippen molar-refractivity contribution >= 4 is 17.2 Å². The van der Waals surface area contributed by atoms with Gasteiger partial charge in [0.05, 0.1) is 16.7 Å². The summed E-state index contributed by atoms with van der Waals surface area (Å²) in [5.74, 6) is 0.143. The predicted octanol–water partition coefficient (Wildman–Crippen LogP) is 4.35. The zero-order chi connectivity index (χ0) is 15.9. The predicted molar refractivity (Wildman–Crippen MR) is 90.5 cm³/mol. The second-order valence-corrected chi connectivity index (χ2v) is 7.43. The first-order valence-corrected chi connectivity index (χ1v) is 8.60. The Balaban J connectivity index is 1.93. The minimum absolute atomic E-state index is 0.143. The van der Waals surface area contributed by atoms with Crippen molar-refractivity contribution in [2.75, 3.05) is 6.54 Å². The average molecular weight is 314 g/mol. The molecule has 1 aliphatic heterocycles. The van der Waals surface area contributed by atoms with Gasteiger partial charge in [0.1, 0.15) is 4.88 Å². The van der Waals surface area contributed by atoms with Gasteiger partial charge in [-0.2, -0.15) is 0 Å². The number of hydrogen-bond acceptors (Lipinski definition) is 3. The van der Waals surface area contributed by atoms with Crippen LogP contribution in [0.2, 0.25) is 0 Å². The third-order valence-corrected chi connectivity index (χ3v) is 5.30. The number of thiazole rings is 1. The highest BCUT2D eigenvalue weighted by atomic mass is 32.1. The number of rotatable bonds is 2. The first-order chi connectivity index (χ1) is 10.5. The van der Waals surface area contributed by atoms with Crippen LogP contribution in [0.5, 0.6) is 0 Å². The largest absolute Gasteiger partial charge is 0.331 e. The summed E-state index contributed by atoms with van der Waals surface area (Å²) in [5.41, 5.74) is 4.65. The topological polar surface area (TPSA) is 33.2 Å². The molecule has 1 fully saturated rings. The molecule has 1 unspecified atom stereocenters. The summed E-state index contributed by atoms with van der Waals surface area (Å²) < 4.78 is 0. The van der Waals surface area contributed by atoms with E-state index in [1.165, 1.54) is 28.0 Å². The summed E-state index contributed by atoms with van der Waals surface area (Å²) in [5, 5.41) is 0.961. The van der Waals surface area contributed by atoms with Crippen LogP contribution in [0, 0.1) is 27.7 Å². The first kappa shape index (κ1) is 15.2. The zero-order valence-electron chi connectivity index (χ0n) is 13.6. The Labute approximate surface area is 136 Å². The number of nitrogens with zero attached hydrogens (tertiary/aromatic N) is 2. The lowest BCUT2D eigenvalue weighted by atomic mass is 9.99. The van der Waals surface area contributed by atoms with Crippen LogP contribution in [-0.4, -0.2) is 22.3 Å². The van der Waals surface area contributed by atoms with E-state index in [4.69, 9.17) is 0 Å².